The number of carbonyl (C=O) groups excluding carboxylic acids is 1. The average Bonchev–Trinajstić information content (AvgIpc) is 3.33. The van der Waals surface area contributed by atoms with Crippen molar-refractivity contribution in [1.29, 1.82) is 0 Å². The van der Waals surface area contributed by atoms with Crippen LogP contribution >= 0.6 is 0 Å². The summed E-state index contributed by atoms with van der Waals surface area (Å²) in [6.07, 6.45) is 9.12. The van der Waals surface area contributed by atoms with Crippen molar-refractivity contribution in [2.45, 2.75) is 38.0 Å². The molecule has 2 aromatic heterocycles. The Morgan fingerprint density at radius 2 is 1.91 bits per heavy atom. The van der Waals surface area contributed by atoms with Crippen molar-refractivity contribution in [3.8, 4) is 0 Å². The Hall–Kier alpha value is -2.44. The number of hydrogen-bond donors (Lipinski definition) is 1. The van der Waals surface area contributed by atoms with Gasteiger partial charge in [-0.15, -0.1) is 0 Å². The number of anilines is 2. The van der Waals surface area contributed by atoms with E-state index in [9.17, 15) is 4.79 Å². The SMILES string of the molecule is O=C(Nc1cnc(N2CCCCC2)nc1)c1cc(C2CC2)on1. The molecule has 120 valence electrons. The molecule has 2 aromatic rings. The van der Waals surface area contributed by atoms with E-state index < -0.39 is 0 Å². The Kier molecular flexibility index (Phi) is 3.69. The van der Waals surface area contributed by atoms with Gasteiger partial charge in [0.05, 0.1) is 18.1 Å². The fraction of sp³-hybridized carbons (Fsp3) is 0.500. The van der Waals surface area contributed by atoms with Gasteiger partial charge >= 0.3 is 0 Å². The maximum atomic E-state index is 12.2. The van der Waals surface area contributed by atoms with Gasteiger partial charge in [-0.05, 0) is 32.1 Å². The zero-order valence-electron chi connectivity index (χ0n) is 12.9. The molecule has 1 aliphatic heterocycles. The summed E-state index contributed by atoms with van der Waals surface area (Å²) in [5, 5.41) is 6.58. The van der Waals surface area contributed by atoms with Crippen LogP contribution in [0.15, 0.2) is 23.0 Å². The van der Waals surface area contributed by atoms with E-state index in [0.29, 0.717) is 17.3 Å². The molecule has 2 aliphatic rings. The Bertz CT molecular complexity index is 687. The van der Waals surface area contributed by atoms with Crippen molar-refractivity contribution in [3.05, 3.63) is 29.9 Å². The smallest absolute Gasteiger partial charge is 0.277 e. The van der Waals surface area contributed by atoms with Crippen molar-refractivity contribution in [3.63, 3.8) is 0 Å². The van der Waals surface area contributed by atoms with Gasteiger partial charge in [0.1, 0.15) is 5.76 Å². The van der Waals surface area contributed by atoms with Gasteiger partial charge in [0, 0.05) is 25.1 Å². The molecule has 1 N–H and O–H groups in total. The Labute approximate surface area is 134 Å². The minimum Gasteiger partial charge on any atom is -0.360 e. The number of hydrogen-bond acceptors (Lipinski definition) is 6. The van der Waals surface area contributed by atoms with Gasteiger partial charge in [0.25, 0.3) is 5.91 Å². The van der Waals surface area contributed by atoms with Crippen molar-refractivity contribution < 1.29 is 9.32 Å². The summed E-state index contributed by atoms with van der Waals surface area (Å²) in [5.41, 5.74) is 0.860. The number of rotatable bonds is 4. The highest BCUT2D eigenvalue weighted by Crippen LogP contribution is 2.40. The summed E-state index contributed by atoms with van der Waals surface area (Å²) in [6, 6.07) is 1.72. The third-order valence-electron chi connectivity index (χ3n) is 4.28. The quantitative estimate of drug-likeness (QED) is 0.934. The van der Waals surface area contributed by atoms with Crippen LogP contribution in [-0.4, -0.2) is 34.1 Å². The zero-order chi connectivity index (χ0) is 15.6. The second kappa shape index (κ2) is 5.98. The monoisotopic (exact) mass is 313 g/mol. The van der Waals surface area contributed by atoms with Gasteiger partial charge in [0.2, 0.25) is 5.95 Å². The standard InChI is InChI=1S/C16H19N5O2/c22-15(13-8-14(23-20-13)11-4-5-11)19-12-9-17-16(18-10-12)21-6-2-1-3-7-21/h8-11H,1-7H2,(H,19,22). The molecule has 3 heterocycles. The minimum atomic E-state index is -0.296. The molecule has 4 rings (SSSR count). The number of aromatic nitrogens is 3. The number of nitrogens with zero attached hydrogens (tertiary/aromatic N) is 4. The first-order valence-electron chi connectivity index (χ1n) is 8.14. The summed E-state index contributed by atoms with van der Waals surface area (Å²) < 4.78 is 5.20. The molecule has 0 atom stereocenters. The maximum Gasteiger partial charge on any atom is 0.277 e. The highest BCUT2D eigenvalue weighted by molar-refractivity contribution is 6.02. The lowest BCUT2D eigenvalue weighted by molar-refractivity contribution is 0.101. The third-order valence-corrected chi connectivity index (χ3v) is 4.28. The van der Waals surface area contributed by atoms with E-state index in [1.807, 2.05) is 0 Å². The van der Waals surface area contributed by atoms with Gasteiger partial charge in [-0.25, -0.2) is 9.97 Å². The zero-order valence-corrected chi connectivity index (χ0v) is 12.9. The molecular weight excluding hydrogens is 294 g/mol. The topological polar surface area (TPSA) is 84.2 Å². The molecule has 1 saturated heterocycles. The molecule has 2 fully saturated rings. The molecule has 7 heteroatoms. The van der Waals surface area contributed by atoms with Crippen LogP contribution in [0.2, 0.25) is 0 Å². The number of carbonyl (C=O) groups is 1. The van der Waals surface area contributed by atoms with Crippen molar-refractivity contribution in [1.82, 2.24) is 15.1 Å². The molecule has 7 nitrogen and oxygen atoms in total. The van der Waals surface area contributed by atoms with Crippen LogP contribution < -0.4 is 10.2 Å². The number of amides is 1. The number of nitrogens with one attached hydrogen (secondary N) is 1. The summed E-state index contributed by atoms with van der Waals surface area (Å²) in [6.45, 7) is 1.99. The first-order valence-corrected chi connectivity index (χ1v) is 8.14. The lowest BCUT2D eigenvalue weighted by atomic mass is 10.1. The number of piperidine rings is 1. The highest BCUT2D eigenvalue weighted by Gasteiger charge is 2.28. The second-order valence-electron chi connectivity index (χ2n) is 6.16. The Balaban J connectivity index is 1.40. The molecule has 0 unspecified atom stereocenters. The Morgan fingerprint density at radius 3 is 2.61 bits per heavy atom. The van der Waals surface area contributed by atoms with Gasteiger partial charge in [-0.3, -0.25) is 4.79 Å². The first-order chi connectivity index (χ1) is 11.3. The molecule has 1 saturated carbocycles. The molecule has 23 heavy (non-hydrogen) atoms. The fourth-order valence-corrected chi connectivity index (χ4v) is 2.79. The van der Waals surface area contributed by atoms with E-state index in [2.05, 4.69) is 25.3 Å². The lowest BCUT2D eigenvalue weighted by Gasteiger charge is -2.26. The van der Waals surface area contributed by atoms with Gasteiger partial charge in [-0.2, -0.15) is 0 Å². The van der Waals surface area contributed by atoms with E-state index in [4.69, 9.17) is 4.52 Å². The molecule has 0 aromatic carbocycles. The predicted molar refractivity (Wildman–Crippen MR) is 84.5 cm³/mol. The minimum absolute atomic E-state index is 0.296. The summed E-state index contributed by atoms with van der Waals surface area (Å²) in [7, 11) is 0. The summed E-state index contributed by atoms with van der Waals surface area (Å²) >= 11 is 0. The van der Waals surface area contributed by atoms with E-state index in [-0.39, 0.29) is 5.91 Å². The normalized spacial score (nSPS) is 18.0. The average molecular weight is 313 g/mol. The summed E-state index contributed by atoms with van der Waals surface area (Å²) in [5.74, 6) is 1.66. The second-order valence-corrected chi connectivity index (χ2v) is 6.16. The van der Waals surface area contributed by atoms with Crippen LogP contribution in [0.25, 0.3) is 0 Å². The third kappa shape index (κ3) is 3.18. The van der Waals surface area contributed by atoms with Gasteiger partial charge in [0.15, 0.2) is 5.69 Å². The van der Waals surface area contributed by atoms with Gasteiger partial charge in [-0.1, -0.05) is 5.16 Å². The van der Waals surface area contributed by atoms with Crippen LogP contribution in [-0.2, 0) is 0 Å². The van der Waals surface area contributed by atoms with Crippen molar-refractivity contribution in [2.24, 2.45) is 0 Å². The molecule has 1 amide bonds. The van der Waals surface area contributed by atoms with E-state index in [1.54, 1.807) is 18.5 Å². The van der Waals surface area contributed by atoms with Crippen molar-refractivity contribution in [2.75, 3.05) is 23.3 Å². The molecule has 0 spiro atoms. The maximum absolute atomic E-state index is 12.2. The van der Waals surface area contributed by atoms with Crippen molar-refractivity contribution >= 4 is 17.5 Å². The summed E-state index contributed by atoms with van der Waals surface area (Å²) in [4.78, 5) is 23.0. The lowest BCUT2D eigenvalue weighted by Crippen LogP contribution is -2.30. The highest BCUT2D eigenvalue weighted by atomic mass is 16.5. The van der Waals surface area contributed by atoms with E-state index in [1.165, 1.54) is 19.3 Å². The molecule has 0 radical (unpaired) electrons. The molecule has 0 bridgehead atoms. The first kappa shape index (κ1) is 14.2. The van der Waals surface area contributed by atoms with Crippen LogP contribution in [0, 0.1) is 0 Å². The fourth-order valence-electron chi connectivity index (χ4n) is 2.79. The predicted octanol–water partition coefficient (Wildman–Crippen LogP) is 2.58. The largest absolute Gasteiger partial charge is 0.360 e. The van der Waals surface area contributed by atoms with Crippen LogP contribution in [0.4, 0.5) is 11.6 Å². The van der Waals surface area contributed by atoms with E-state index >= 15 is 0 Å². The van der Waals surface area contributed by atoms with Gasteiger partial charge < -0.3 is 14.7 Å². The van der Waals surface area contributed by atoms with Crippen LogP contribution in [0.1, 0.15) is 54.3 Å². The molecular formula is C16H19N5O2. The van der Waals surface area contributed by atoms with Crippen LogP contribution in [0.3, 0.4) is 0 Å². The molecule has 1 aliphatic carbocycles. The van der Waals surface area contributed by atoms with Crippen LogP contribution in [0.5, 0.6) is 0 Å². The Morgan fingerprint density at radius 1 is 1.17 bits per heavy atom. The van der Waals surface area contributed by atoms with E-state index in [0.717, 1.165) is 37.6 Å².